The summed E-state index contributed by atoms with van der Waals surface area (Å²) in [6.07, 6.45) is 6.07. The van der Waals surface area contributed by atoms with E-state index in [1.54, 1.807) is 17.0 Å². The monoisotopic (exact) mass is 473 g/mol. The van der Waals surface area contributed by atoms with Gasteiger partial charge in [0, 0.05) is 43.7 Å². The Morgan fingerprint density at radius 3 is 2.62 bits per heavy atom. The van der Waals surface area contributed by atoms with E-state index in [0.29, 0.717) is 37.4 Å². The summed E-state index contributed by atoms with van der Waals surface area (Å²) < 4.78 is 25.8. The van der Waals surface area contributed by atoms with Crippen LogP contribution in [0.2, 0.25) is 0 Å². The second kappa shape index (κ2) is 11.2. The maximum absolute atomic E-state index is 14.6. The molecular formula is C25H36FN5O3. The van der Waals surface area contributed by atoms with Crippen molar-refractivity contribution in [2.75, 3.05) is 37.7 Å². The number of likely N-dealkylation sites (tertiary alicyclic amines) is 1. The summed E-state index contributed by atoms with van der Waals surface area (Å²) in [6.45, 7) is 7.85. The van der Waals surface area contributed by atoms with Gasteiger partial charge in [-0.1, -0.05) is 25.1 Å². The fourth-order valence-electron chi connectivity index (χ4n) is 4.68. The Labute approximate surface area is 200 Å². The van der Waals surface area contributed by atoms with Gasteiger partial charge in [-0.2, -0.15) is 4.98 Å². The van der Waals surface area contributed by atoms with Crippen LogP contribution in [0.15, 0.2) is 22.7 Å². The van der Waals surface area contributed by atoms with Crippen molar-refractivity contribution in [3.8, 4) is 5.75 Å². The molecule has 186 valence electrons. The standard InChI is InChI=1S/C25H36FN5O3/c1-17(2)23-28-25(34-29-23)31-13-9-18(10-14-31)6-5-15-33-19-7-8-20(21(26)16-19)22(27)24(32)30-11-3-4-12-30/h7-8,16-18,22H,3-6,9-15,27H2,1-2H3/t22-/m1/s1. The lowest BCUT2D eigenvalue weighted by Gasteiger charge is -2.30. The van der Waals surface area contributed by atoms with Gasteiger partial charge in [0.05, 0.1) is 6.61 Å². The molecule has 2 aromatic rings. The van der Waals surface area contributed by atoms with E-state index in [1.165, 1.54) is 6.07 Å². The van der Waals surface area contributed by atoms with Gasteiger partial charge in [-0.3, -0.25) is 4.79 Å². The minimum atomic E-state index is -0.970. The van der Waals surface area contributed by atoms with Gasteiger partial charge in [0.2, 0.25) is 5.91 Å². The van der Waals surface area contributed by atoms with Crippen molar-refractivity contribution < 1.29 is 18.4 Å². The SMILES string of the molecule is CC(C)c1noc(N2CCC(CCCOc3ccc([C@@H](N)C(=O)N4CCCC4)c(F)c3)CC2)n1. The number of hydrogen-bond donors (Lipinski definition) is 1. The van der Waals surface area contributed by atoms with Gasteiger partial charge in [-0.25, -0.2) is 4.39 Å². The van der Waals surface area contributed by atoms with E-state index >= 15 is 0 Å². The predicted molar refractivity (Wildman–Crippen MR) is 127 cm³/mol. The quantitative estimate of drug-likeness (QED) is 0.549. The molecule has 2 N–H and O–H groups in total. The molecule has 4 rings (SSSR count). The molecule has 2 aliphatic heterocycles. The van der Waals surface area contributed by atoms with Crippen LogP contribution in [0.1, 0.15) is 75.7 Å². The van der Waals surface area contributed by atoms with Crippen molar-refractivity contribution in [1.29, 1.82) is 0 Å². The Morgan fingerprint density at radius 1 is 1.24 bits per heavy atom. The van der Waals surface area contributed by atoms with Gasteiger partial charge >= 0.3 is 6.01 Å². The van der Waals surface area contributed by atoms with Crippen LogP contribution in [-0.2, 0) is 4.79 Å². The molecule has 2 aliphatic rings. The molecular weight excluding hydrogens is 437 g/mol. The molecule has 0 bridgehead atoms. The van der Waals surface area contributed by atoms with Crippen LogP contribution in [0.25, 0.3) is 0 Å². The number of aromatic nitrogens is 2. The summed E-state index contributed by atoms with van der Waals surface area (Å²) in [5.41, 5.74) is 6.27. The number of piperidine rings is 1. The van der Waals surface area contributed by atoms with Crippen molar-refractivity contribution in [2.24, 2.45) is 11.7 Å². The zero-order chi connectivity index (χ0) is 24.1. The summed E-state index contributed by atoms with van der Waals surface area (Å²) in [7, 11) is 0. The Hall–Kier alpha value is -2.68. The van der Waals surface area contributed by atoms with Gasteiger partial charge in [-0.05, 0) is 50.5 Å². The molecule has 0 aliphatic carbocycles. The van der Waals surface area contributed by atoms with Crippen LogP contribution in [0.5, 0.6) is 5.75 Å². The van der Waals surface area contributed by atoms with E-state index < -0.39 is 11.9 Å². The molecule has 1 aromatic heterocycles. The van der Waals surface area contributed by atoms with Crippen LogP contribution in [0.3, 0.4) is 0 Å². The van der Waals surface area contributed by atoms with E-state index in [2.05, 4.69) is 28.9 Å². The first-order valence-corrected chi connectivity index (χ1v) is 12.5. The number of hydrogen-bond acceptors (Lipinski definition) is 7. The Morgan fingerprint density at radius 2 is 1.97 bits per heavy atom. The highest BCUT2D eigenvalue weighted by atomic mass is 19.1. The van der Waals surface area contributed by atoms with Crippen LogP contribution in [0.4, 0.5) is 10.4 Å². The highest BCUT2D eigenvalue weighted by molar-refractivity contribution is 5.83. The molecule has 0 saturated carbocycles. The number of nitrogens with zero attached hydrogens (tertiary/aromatic N) is 4. The third kappa shape index (κ3) is 5.87. The number of anilines is 1. The largest absolute Gasteiger partial charge is 0.493 e. The Kier molecular flexibility index (Phi) is 8.03. The molecule has 0 radical (unpaired) electrons. The predicted octanol–water partition coefficient (Wildman–Crippen LogP) is 4.03. The number of nitrogens with two attached hydrogens (primary N) is 1. The molecule has 2 saturated heterocycles. The van der Waals surface area contributed by atoms with Gasteiger partial charge in [0.25, 0.3) is 0 Å². The number of carbonyl (C=O) groups is 1. The maximum atomic E-state index is 14.6. The highest BCUT2D eigenvalue weighted by Crippen LogP contribution is 2.27. The number of halogens is 1. The summed E-state index contributed by atoms with van der Waals surface area (Å²) in [4.78, 5) is 20.8. The zero-order valence-electron chi connectivity index (χ0n) is 20.2. The molecule has 0 spiro atoms. The second-order valence-electron chi connectivity index (χ2n) is 9.70. The number of carbonyl (C=O) groups excluding carboxylic acids is 1. The molecule has 8 nitrogen and oxygen atoms in total. The Bertz CT molecular complexity index is 952. The number of rotatable bonds is 9. The second-order valence-corrected chi connectivity index (χ2v) is 9.70. The van der Waals surface area contributed by atoms with Gasteiger partial charge in [0.1, 0.15) is 17.6 Å². The first kappa shape index (κ1) is 24.4. The van der Waals surface area contributed by atoms with Crippen molar-refractivity contribution in [3.63, 3.8) is 0 Å². The van der Waals surface area contributed by atoms with E-state index in [1.807, 2.05) is 0 Å². The zero-order valence-corrected chi connectivity index (χ0v) is 20.2. The first-order chi connectivity index (χ1) is 16.4. The number of benzene rings is 1. The lowest BCUT2D eigenvalue weighted by molar-refractivity contribution is -0.131. The molecule has 3 heterocycles. The van der Waals surface area contributed by atoms with E-state index in [9.17, 15) is 9.18 Å². The molecule has 0 unspecified atom stereocenters. The van der Waals surface area contributed by atoms with E-state index in [4.69, 9.17) is 15.0 Å². The normalized spacial score (nSPS) is 18.0. The molecule has 34 heavy (non-hydrogen) atoms. The van der Waals surface area contributed by atoms with Crippen LogP contribution >= 0.6 is 0 Å². The van der Waals surface area contributed by atoms with Crippen LogP contribution in [0, 0.1) is 11.7 Å². The molecule has 1 amide bonds. The van der Waals surface area contributed by atoms with Crippen LogP contribution < -0.4 is 15.4 Å². The Balaban J connectivity index is 1.18. The topological polar surface area (TPSA) is 97.7 Å². The number of amides is 1. The average Bonchev–Trinajstić information content (AvgIpc) is 3.54. The van der Waals surface area contributed by atoms with Gasteiger partial charge in [-0.15, -0.1) is 0 Å². The molecule has 1 atom stereocenters. The third-order valence-electron chi connectivity index (χ3n) is 6.85. The fourth-order valence-corrected chi connectivity index (χ4v) is 4.68. The van der Waals surface area contributed by atoms with E-state index in [-0.39, 0.29) is 17.4 Å². The third-order valence-corrected chi connectivity index (χ3v) is 6.85. The smallest absolute Gasteiger partial charge is 0.324 e. The first-order valence-electron chi connectivity index (χ1n) is 12.5. The summed E-state index contributed by atoms with van der Waals surface area (Å²) >= 11 is 0. The number of ether oxygens (including phenoxy) is 1. The summed E-state index contributed by atoms with van der Waals surface area (Å²) in [6, 6.07) is 4.26. The van der Waals surface area contributed by atoms with Gasteiger partial charge in [0.15, 0.2) is 5.82 Å². The summed E-state index contributed by atoms with van der Waals surface area (Å²) in [5.74, 6) is 1.39. The van der Waals surface area contributed by atoms with Gasteiger partial charge < -0.3 is 24.8 Å². The maximum Gasteiger partial charge on any atom is 0.324 e. The minimum Gasteiger partial charge on any atom is -0.493 e. The van der Waals surface area contributed by atoms with Crippen molar-refractivity contribution >= 4 is 11.9 Å². The minimum absolute atomic E-state index is 0.212. The van der Waals surface area contributed by atoms with Crippen molar-refractivity contribution in [3.05, 3.63) is 35.4 Å². The summed E-state index contributed by atoms with van der Waals surface area (Å²) in [5, 5.41) is 4.05. The fraction of sp³-hybridized carbons (Fsp3) is 0.640. The molecule has 1 aromatic carbocycles. The lowest BCUT2D eigenvalue weighted by Crippen LogP contribution is -2.36. The van der Waals surface area contributed by atoms with Crippen molar-refractivity contribution in [2.45, 2.75) is 64.3 Å². The highest BCUT2D eigenvalue weighted by Gasteiger charge is 2.27. The van der Waals surface area contributed by atoms with Crippen molar-refractivity contribution in [1.82, 2.24) is 15.0 Å². The molecule has 2 fully saturated rings. The average molecular weight is 474 g/mol. The molecule has 9 heteroatoms. The lowest BCUT2D eigenvalue weighted by atomic mass is 9.92. The van der Waals surface area contributed by atoms with E-state index in [0.717, 1.165) is 57.4 Å². The van der Waals surface area contributed by atoms with Crippen LogP contribution in [-0.4, -0.2) is 53.7 Å².